The molecule has 0 heterocycles. The van der Waals surface area contributed by atoms with Gasteiger partial charge in [0.25, 0.3) is 5.91 Å². The lowest BCUT2D eigenvalue weighted by atomic mass is 10.2. The minimum Gasteiger partial charge on any atom is -0.497 e. The number of benzene rings is 2. The van der Waals surface area contributed by atoms with E-state index in [1.807, 2.05) is 31.2 Å². The van der Waals surface area contributed by atoms with E-state index in [0.717, 1.165) is 15.0 Å². The van der Waals surface area contributed by atoms with E-state index in [0.29, 0.717) is 12.2 Å². The van der Waals surface area contributed by atoms with Gasteiger partial charge in [-0.2, -0.15) is 0 Å². The van der Waals surface area contributed by atoms with Crippen LogP contribution in [0, 0.1) is 3.57 Å². The summed E-state index contributed by atoms with van der Waals surface area (Å²) in [6.45, 7) is 1.92. The van der Waals surface area contributed by atoms with Crippen LogP contribution in [0.2, 0.25) is 0 Å². The van der Waals surface area contributed by atoms with Crippen molar-refractivity contribution in [3.8, 4) is 11.5 Å². The van der Waals surface area contributed by atoms with Gasteiger partial charge in [0.05, 0.1) is 12.8 Å². The van der Waals surface area contributed by atoms with Crippen LogP contribution in [0.4, 0.5) is 5.69 Å². The van der Waals surface area contributed by atoms with Crippen molar-refractivity contribution in [2.24, 2.45) is 0 Å². The average Bonchev–Trinajstić information content (AvgIpc) is 2.55. The van der Waals surface area contributed by atoms with Crippen LogP contribution >= 0.6 is 22.6 Å². The maximum Gasteiger partial charge on any atom is 0.265 e. The fourth-order valence-electron chi connectivity index (χ4n) is 1.92. The maximum absolute atomic E-state index is 12.4. The van der Waals surface area contributed by atoms with Gasteiger partial charge < -0.3 is 14.8 Å². The van der Waals surface area contributed by atoms with Crippen LogP contribution in [0.5, 0.6) is 11.5 Å². The van der Waals surface area contributed by atoms with Crippen molar-refractivity contribution in [1.82, 2.24) is 0 Å². The number of anilines is 1. The first-order chi connectivity index (χ1) is 10.6. The Morgan fingerprint density at radius 1 is 1.14 bits per heavy atom. The fourth-order valence-corrected chi connectivity index (χ4v) is 2.44. The Morgan fingerprint density at radius 3 is 2.36 bits per heavy atom. The van der Waals surface area contributed by atoms with Crippen LogP contribution in [-0.4, -0.2) is 19.1 Å². The maximum atomic E-state index is 12.4. The third kappa shape index (κ3) is 4.37. The van der Waals surface area contributed by atoms with Crippen molar-refractivity contribution in [1.29, 1.82) is 0 Å². The molecule has 1 unspecified atom stereocenters. The Hall–Kier alpha value is -1.76. The minimum atomic E-state index is -0.538. The Kier molecular flexibility index (Phi) is 6.06. The number of halogens is 1. The summed E-state index contributed by atoms with van der Waals surface area (Å²) in [5.41, 5.74) is 0.796. The zero-order valence-corrected chi connectivity index (χ0v) is 14.7. The second-order valence-electron chi connectivity index (χ2n) is 4.66. The van der Waals surface area contributed by atoms with E-state index in [1.165, 1.54) is 0 Å². The number of nitrogens with one attached hydrogen (secondary N) is 1. The summed E-state index contributed by atoms with van der Waals surface area (Å²) in [4.78, 5) is 12.4. The summed E-state index contributed by atoms with van der Waals surface area (Å²) in [6.07, 6.45) is 0.0470. The standard InChI is InChI=1S/C17H18INO3/c1-3-16(22-13-10-8-12(21-2)9-11-13)17(20)19-15-7-5-4-6-14(15)18/h4-11,16H,3H2,1-2H3,(H,19,20). The number of hydrogen-bond donors (Lipinski definition) is 1. The Balaban J connectivity index is 2.03. The average molecular weight is 411 g/mol. The van der Waals surface area contributed by atoms with Crippen molar-refractivity contribution >= 4 is 34.2 Å². The molecular weight excluding hydrogens is 393 g/mol. The highest BCUT2D eigenvalue weighted by molar-refractivity contribution is 14.1. The number of hydrogen-bond acceptors (Lipinski definition) is 3. The van der Waals surface area contributed by atoms with Gasteiger partial charge in [0.2, 0.25) is 0 Å². The highest BCUT2D eigenvalue weighted by atomic mass is 127. The fraction of sp³-hybridized carbons (Fsp3) is 0.235. The predicted molar refractivity (Wildman–Crippen MR) is 95.5 cm³/mol. The molecule has 0 aliphatic heterocycles. The van der Waals surface area contributed by atoms with Gasteiger partial charge in [-0.3, -0.25) is 4.79 Å². The lowest BCUT2D eigenvalue weighted by Crippen LogP contribution is -2.32. The number of amides is 1. The number of para-hydroxylation sites is 1. The van der Waals surface area contributed by atoms with Crippen molar-refractivity contribution in [3.63, 3.8) is 0 Å². The zero-order valence-electron chi connectivity index (χ0n) is 12.5. The third-order valence-corrected chi connectivity index (χ3v) is 4.07. The number of carbonyl (C=O) groups excluding carboxylic acids is 1. The topological polar surface area (TPSA) is 47.6 Å². The summed E-state index contributed by atoms with van der Waals surface area (Å²) < 4.78 is 11.9. The van der Waals surface area contributed by atoms with E-state index in [2.05, 4.69) is 27.9 Å². The molecule has 22 heavy (non-hydrogen) atoms. The van der Waals surface area contributed by atoms with Gasteiger partial charge in [-0.1, -0.05) is 19.1 Å². The second-order valence-corrected chi connectivity index (χ2v) is 5.82. The van der Waals surface area contributed by atoms with E-state index < -0.39 is 6.10 Å². The molecule has 0 radical (unpaired) electrons. The summed E-state index contributed by atoms with van der Waals surface area (Å²) in [6, 6.07) is 14.8. The molecule has 0 aliphatic carbocycles. The largest absolute Gasteiger partial charge is 0.497 e. The zero-order chi connectivity index (χ0) is 15.9. The molecule has 0 aromatic heterocycles. The van der Waals surface area contributed by atoms with Crippen LogP contribution in [0.15, 0.2) is 48.5 Å². The number of rotatable bonds is 6. The molecule has 5 heteroatoms. The van der Waals surface area contributed by atoms with E-state index >= 15 is 0 Å². The molecule has 0 saturated heterocycles. The van der Waals surface area contributed by atoms with Crippen molar-refractivity contribution in [3.05, 3.63) is 52.1 Å². The highest BCUT2D eigenvalue weighted by Gasteiger charge is 2.19. The van der Waals surface area contributed by atoms with Crippen molar-refractivity contribution in [2.45, 2.75) is 19.4 Å². The molecule has 0 saturated carbocycles. The molecule has 2 aromatic rings. The quantitative estimate of drug-likeness (QED) is 0.729. The van der Waals surface area contributed by atoms with Gasteiger partial charge in [-0.05, 0) is 65.4 Å². The minimum absolute atomic E-state index is 0.151. The summed E-state index contributed by atoms with van der Waals surface area (Å²) in [5.74, 6) is 1.25. The SMILES string of the molecule is CCC(Oc1ccc(OC)cc1)C(=O)Nc1ccccc1I. The Morgan fingerprint density at radius 2 is 1.77 bits per heavy atom. The summed E-state index contributed by atoms with van der Waals surface area (Å²) in [5, 5.41) is 2.91. The lowest BCUT2D eigenvalue weighted by molar-refractivity contribution is -0.122. The van der Waals surface area contributed by atoms with E-state index in [4.69, 9.17) is 9.47 Å². The van der Waals surface area contributed by atoms with Crippen LogP contribution in [0.1, 0.15) is 13.3 Å². The molecule has 0 bridgehead atoms. The molecule has 116 valence electrons. The Labute approximate surface area is 144 Å². The van der Waals surface area contributed by atoms with Crippen molar-refractivity contribution in [2.75, 3.05) is 12.4 Å². The van der Waals surface area contributed by atoms with Gasteiger partial charge in [0.15, 0.2) is 6.10 Å². The van der Waals surface area contributed by atoms with Crippen molar-refractivity contribution < 1.29 is 14.3 Å². The second kappa shape index (κ2) is 8.03. The van der Waals surface area contributed by atoms with Gasteiger partial charge in [-0.15, -0.1) is 0 Å². The summed E-state index contributed by atoms with van der Waals surface area (Å²) >= 11 is 2.19. The smallest absolute Gasteiger partial charge is 0.265 e. The number of carbonyl (C=O) groups is 1. The molecule has 0 fully saturated rings. The van der Waals surface area contributed by atoms with Crippen LogP contribution < -0.4 is 14.8 Å². The first-order valence-corrected chi connectivity index (χ1v) is 8.08. The molecule has 2 aromatic carbocycles. The van der Waals surface area contributed by atoms with Crippen LogP contribution in [-0.2, 0) is 4.79 Å². The normalized spacial score (nSPS) is 11.6. The molecule has 0 spiro atoms. The Bertz CT molecular complexity index is 628. The van der Waals surface area contributed by atoms with Gasteiger partial charge >= 0.3 is 0 Å². The first kappa shape index (κ1) is 16.6. The number of methoxy groups -OCH3 is 1. The van der Waals surface area contributed by atoms with Crippen LogP contribution in [0.25, 0.3) is 0 Å². The van der Waals surface area contributed by atoms with Gasteiger partial charge in [0, 0.05) is 3.57 Å². The lowest BCUT2D eigenvalue weighted by Gasteiger charge is -2.18. The molecular formula is C17H18INO3. The molecule has 4 nitrogen and oxygen atoms in total. The van der Waals surface area contributed by atoms with E-state index in [-0.39, 0.29) is 5.91 Å². The predicted octanol–water partition coefficient (Wildman–Crippen LogP) is 4.10. The van der Waals surface area contributed by atoms with Gasteiger partial charge in [0.1, 0.15) is 11.5 Å². The molecule has 2 rings (SSSR count). The monoisotopic (exact) mass is 411 g/mol. The molecule has 1 N–H and O–H groups in total. The van der Waals surface area contributed by atoms with E-state index in [9.17, 15) is 4.79 Å². The summed E-state index contributed by atoms with van der Waals surface area (Å²) in [7, 11) is 1.61. The highest BCUT2D eigenvalue weighted by Crippen LogP contribution is 2.21. The van der Waals surface area contributed by atoms with Crippen LogP contribution in [0.3, 0.4) is 0 Å². The molecule has 1 amide bonds. The third-order valence-electron chi connectivity index (χ3n) is 3.13. The van der Waals surface area contributed by atoms with E-state index in [1.54, 1.807) is 31.4 Å². The molecule has 0 aliphatic rings. The molecule has 1 atom stereocenters. The number of ether oxygens (including phenoxy) is 2. The first-order valence-electron chi connectivity index (χ1n) is 7.00. The van der Waals surface area contributed by atoms with Gasteiger partial charge in [-0.25, -0.2) is 0 Å².